The predicted molar refractivity (Wildman–Crippen MR) is 95.8 cm³/mol. The molecule has 0 amide bonds. The molecular weight excluding hydrogens is 328 g/mol. The number of hydrogen-bond acceptors (Lipinski definition) is 5. The maximum Gasteiger partial charge on any atom is 0.263 e. The van der Waals surface area contributed by atoms with E-state index >= 15 is 0 Å². The third-order valence-electron chi connectivity index (χ3n) is 4.52. The van der Waals surface area contributed by atoms with Gasteiger partial charge in [-0.2, -0.15) is 0 Å². The molecule has 0 radical (unpaired) electrons. The lowest BCUT2D eigenvalue weighted by molar-refractivity contribution is 0.129. The van der Waals surface area contributed by atoms with Crippen molar-refractivity contribution in [3.63, 3.8) is 0 Å². The Morgan fingerprint density at radius 1 is 1.43 bits per heavy atom. The summed E-state index contributed by atoms with van der Waals surface area (Å²) < 4.78 is 7.47. The van der Waals surface area contributed by atoms with Crippen LogP contribution in [0.1, 0.15) is 29.7 Å². The van der Waals surface area contributed by atoms with Crippen LogP contribution in [-0.2, 0) is 24.1 Å². The van der Waals surface area contributed by atoms with Gasteiger partial charge in [-0.15, -0.1) is 17.9 Å². The van der Waals surface area contributed by atoms with Crippen LogP contribution in [0.4, 0.5) is 0 Å². The van der Waals surface area contributed by atoms with Crippen molar-refractivity contribution >= 4 is 33.3 Å². The van der Waals surface area contributed by atoms with Crippen LogP contribution >= 0.6 is 23.1 Å². The number of ether oxygens (including phenoxy) is 1. The number of fused-ring (bicyclic) bond motifs is 3. The second-order valence-corrected chi connectivity index (χ2v) is 8.15. The molecule has 3 heterocycles. The first-order chi connectivity index (χ1) is 11.3. The quantitative estimate of drug-likeness (QED) is 0.472. The van der Waals surface area contributed by atoms with Crippen molar-refractivity contribution in [2.24, 2.45) is 0 Å². The standard InChI is InChI=1S/C17H20N2O2S2/c1-2-8-19-16(20)14-12-6-3-7-13(12)23-15(14)18-17(19)22-10-11-5-4-9-21-11/h2,11H,1,3-10H2/t11-/m1/s1. The fourth-order valence-electron chi connectivity index (χ4n) is 3.40. The van der Waals surface area contributed by atoms with Crippen molar-refractivity contribution in [3.05, 3.63) is 33.4 Å². The van der Waals surface area contributed by atoms with Crippen molar-refractivity contribution in [1.82, 2.24) is 9.55 Å². The summed E-state index contributed by atoms with van der Waals surface area (Å²) in [5.41, 5.74) is 1.35. The van der Waals surface area contributed by atoms with E-state index in [4.69, 9.17) is 9.72 Å². The summed E-state index contributed by atoms with van der Waals surface area (Å²) >= 11 is 3.34. The fourth-order valence-corrected chi connectivity index (χ4v) is 5.78. The van der Waals surface area contributed by atoms with E-state index in [0.717, 1.165) is 59.8 Å². The van der Waals surface area contributed by atoms with Gasteiger partial charge in [0.15, 0.2) is 5.16 Å². The maximum atomic E-state index is 13.0. The second-order valence-electron chi connectivity index (χ2n) is 6.08. The van der Waals surface area contributed by atoms with Crippen LogP contribution in [0.15, 0.2) is 22.6 Å². The molecule has 1 aliphatic heterocycles. The van der Waals surface area contributed by atoms with Crippen molar-refractivity contribution in [1.29, 1.82) is 0 Å². The van der Waals surface area contributed by atoms with Crippen molar-refractivity contribution in [3.8, 4) is 0 Å². The van der Waals surface area contributed by atoms with E-state index in [-0.39, 0.29) is 11.7 Å². The monoisotopic (exact) mass is 348 g/mol. The topological polar surface area (TPSA) is 44.1 Å². The molecule has 2 aromatic heterocycles. The molecule has 0 unspecified atom stereocenters. The Balaban J connectivity index is 1.74. The molecule has 4 nitrogen and oxygen atoms in total. The third kappa shape index (κ3) is 2.77. The van der Waals surface area contributed by atoms with Gasteiger partial charge in [0.05, 0.1) is 11.5 Å². The van der Waals surface area contributed by atoms with E-state index in [9.17, 15) is 4.79 Å². The van der Waals surface area contributed by atoms with Gasteiger partial charge in [-0.05, 0) is 37.7 Å². The first-order valence-corrected chi connectivity index (χ1v) is 9.98. The van der Waals surface area contributed by atoms with Gasteiger partial charge in [0.1, 0.15) is 4.83 Å². The Morgan fingerprint density at radius 3 is 3.13 bits per heavy atom. The highest BCUT2D eigenvalue weighted by atomic mass is 32.2. The van der Waals surface area contributed by atoms with Gasteiger partial charge in [0, 0.05) is 23.8 Å². The lowest BCUT2D eigenvalue weighted by Gasteiger charge is -2.12. The molecule has 1 saturated heterocycles. The molecule has 0 spiro atoms. The molecular formula is C17H20N2O2S2. The van der Waals surface area contributed by atoms with Crippen molar-refractivity contribution in [2.45, 2.75) is 49.9 Å². The van der Waals surface area contributed by atoms with Crippen LogP contribution in [0, 0.1) is 0 Å². The molecule has 1 aliphatic carbocycles. The van der Waals surface area contributed by atoms with E-state index < -0.39 is 0 Å². The highest BCUT2D eigenvalue weighted by molar-refractivity contribution is 7.99. The molecule has 0 aromatic carbocycles. The number of rotatable bonds is 5. The third-order valence-corrected chi connectivity index (χ3v) is 6.82. The number of thioether (sulfide) groups is 1. The Hall–Kier alpha value is -1.11. The van der Waals surface area contributed by atoms with Crippen molar-refractivity contribution in [2.75, 3.05) is 12.4 Å². The number of aromatic nitrogens is 2. The zero-order valence-corrected chi connectivity index (χ0v) is 14.7. The zero-order valence-electron chi connectivity index (χ0n) is 13.0. The van der Waals surface area contributed by atoms with Crippen molar-refractivity contribution < 1.29 is 4.74 Å². The minimum absolute atomic E-state index is 0.101. The van der Waals surface area contributed by atoms with Crippen LogP contribution in [0.2, 0.25) is 0 Å². The highest BCUT2D eigenvalue weighted by Crippen LogP contribution is 2.35. The Morgan fingerprint density at radius 2 is 2.35 bits per heavy atom. The normalized spacial score (nSPS) is 20.3. The van der Waals surface area contributed by atoms with Gasteiger partial charge in [0.25, 0.3) is 5.56 Å². The average molecular weight is 348 g/mol. The SMILES string of the molecule is C=CCn1c(SC[C@H]2CCCO2)nc2sc3c(c2c1=O)CCC3. The molecule has 23 heavy (non-hydrogen) atoms. The summed E-state index contributed by atoms with van der Waals surface area (Å²) in [5.74, 6) is 0.861. The Kier molecular flexibility index (Phi) is 4.30. The minimum Gasteiger partial charge on any atom is -0.377 e. The Bertz CT molecular complexity index is 803. The molecule has 0 bridgehead atoms. The van der Waals surface area contributed by atoms with Gasteiger partial charge in [-0.25, -0.2) is 4.98 Å². The molecule has 0 saturated carbocycles. The lowest BCUT2D eigenvalue weighted by atomic mass is 10.2. The molecule has 2 aromatic rings. The van der Waals surface area contributed by atoms with Gasteiger partial charge >= 0.3 is 0 Å². The summed E-state index contributed by atoms with van der Waals surface area (Å²) in [7, 11) is 0. The molecule has 4 rings (SSSR count). The molecule has 122 valence electrons. The summed E-state index contributed by atoms with van der Waals surface area (Å²) in [6.45, 7) is 5.17. The summed E-state index contributed by atoms with van der Waals surface area (Å²) in [6, 6.07) is 0. The number of aryl methyl sites for hydroxylation is 2. The minimum atomic E-state index is 0.101. The predicted octanol–water partition coefficient (Wildman–Crippen LogP) is 3.40. The largest absolute Gasteiger partial charge is 0.377 e. The molecule has 0 N–H and O–H groups in total. The van der Waals surface area contributed by atoms with Gasteiger partial charge in [-0.1, -0.05) is 17.8 Å². The first-order valence-electron chi connectivity index (χ1n) is 8.18. The van der Waals surface area contributed by atoms with E-state index in [2.05, 4.69) is 6.58 Å². The molecule has 2 aliphatic rings. The summed E-state index contributed by atoms with van der Waals surface area (Å²) in [6.07, 6.45) is 7.57. The molecule has 1 fully saturated rings. The summed E-state index contributed by atoms with van der Waals surface area (Å²) in [4.78, 5) is 20.1. The molecule has 1 atom stereocenters. The van der Waals surface area contributed by atoms with Gasteiger partial charge in [-0.3, -0.25) is 9.36 Å². The van der Waals surface area contributed by atoms with E-state index in [1.54, 1.807) is 33.7 Å². The van der Waals surface area contributed by atoms with E-state index in [1.165, 1.54) is 10.4 Å². The maximum absolute atomic E-state index is 13.0. The van der Waals surface area contributed by atoms with Gasteiger partial charge < -0.3 is 4.74 Å². The number of allylic oxidation sites excluding steroid dienone is 1. The van der Waals surface area contributed by atoms with Crippen LogP contribution in [0.25, 0.3) is 10.2 Å². The number of hydrogen-bond donors (Lipinski definition) is 0. The smallest absolute Gasteiger partial charge is 0.263 e. The lowest BCUT2D eigenvalue weighted by Crippen LogP contribution is -2.23. The summed E-state index contributed by atoms with van der Waals surface area (Å²) in [5, 5.41) is 1.66. The molecule has 6 heteroatoms. The Labute approximate surface area is 143 Å². The van der Waals surface area contributed by atoms with E-state index in [0.29, 0.717) is 6.54 Å². The van der Waals surface area contributed by atoms with Crippen LogP contribution < -0.4 is 5.56 Å². The number of thiophene rings is 1. The van der Waals surface area contributed by atoms with Gasteiger partial charge in [0.2, 0.25) is 0 Å². The highest BCUT2D eigenvalue weighted by Gasteiger charge is 2.24. The number of nitrogens with zero attached hydrogens (tertiary/aromatic N) is 2. The zero-order chi connectivity index (χ0) is 15.8. The van der Waals surface area contributed by atoms with Crippen LogP contribution in [0.5, 0.6) is 0 Å². The van der Waals surface area contributed by atoms with Crippen LogP contribution in [0.3, 0.4) is 0 Å². The van der Waals surface area contributed by atoms with E-state index in [1.807, 2.05) is 0 Å². The first kappa shape index (κ1) is 15.4. The second kappa shape index (κ2) is 6.42. The average Bonchev–Trinajstić information content (AvgIpc) is 3.24. The van der Waals surface area contributed by atoms with Crippen LogP contribution in [-0.4, -0.2) is 28.0 Å². The fraction of sp³-hybridized carbons (Fsp3) is 0.529.